The molecule has 0 N–H and O–H groups in total. The van der Waals surface area contributed by atoms with Crippen LogP contribution in [0.1, 0.15) is 36.8 Å². The lowest BCUT2D eigenvalue weighted by Crippen LogP contribution is -2.50. The van der Waals surface area contributed by atoms with Gasteiger partial charge in [0.05, 0.1) is 11.0 Å². The van der Waals surface area contributed by atoms with Crippen molar-refractivity contribution in [1.82, 2.24) is 14.1 Å². The van der Waals surface area contributed by atoms with Gasteiger partial charge in [0.1, 0.15) is 0 Å². The van der Waals surface area contributed by atoms with E-state index in [0.717, 1.165) is 24.0 Å². The Kier molecular flexibility index (Phi) is 7.72. The second kappa shape index (κ2) is 10.1. The fourth-order valence-corrected chi connectivity index (χ4v) is 5.91. The van der Waals surface area contributed by atoms with E-state index in [1.54, 1.807) is 29.9 Å². The van der Waals surface area contributed by atoms with Gasteiger partial charge in [-0.1, -0.05) is 12.1 Å². The normalized spacial score (nSPS) is 18.9. The SMILES string of the molecule is COC1CCN(C(=O)CCC(=O)N2CCN(S(=O)(=O)c3cc(C)ccc3C)CC2)CC1. The Morgan fingerprint density at radius 1 is 0.935 bits per heavy atom. The van der Waals surface area contributed by atoms with Crippen molar-refractivity contribution in [2.75, 3.05) is 46.4 Å². The molecule has 0 aliphatic carbocycles. The van der Waals surface area contributed by atoms with Crippen molar-refractivity contribution < 1.29 is 22.7 Å². The van der Waals surface area contributed by atoms with Crippen LogP contribution in [0.4, 0.5) is 0 Å². The fraction of sp³-hybridized carbons (Fsp3) is 0.636. The highest BCUT2D eigenvalue weighted by Crippen LogP contribution is 2.23. The molecule has 0 unspecified atom stereocenters. The molecule has 1 aromatic carbocycles. The molecule has 0 radical (unpaired) electrons. The molecule has 172 valence electrons. The van der Waals surface area contributed by atoms with E-state index < -0.39 is 10.0 Å². The van der Waals surface area contributed by atoms with Gasteiger partial charge >= 0.3 is 0 Å². The summed E-state index contributed by atoms with van der Waals surface area (Å²) in [7, 11) is -1.90. The average molecular weight is 452 g/mol. The lowest BCUT2D eigenvalue weighted by atomic mass is 10.1. The Balaban J connectivity index is 1.48. The number of likely N-dealkylation sites (tertiary alicyclic amines) is 1. The number of carbonyl (C=O) groups excluding carboxylic acids is 2. The second-order valence-corrected chi connectivity index (χ2v) is 10.3. The molecular formula is C22H33N3O5S. The molecule has 2 saturated heterocycles. The van der Waals surface area contributed by atoms with Crippen molar-refractivity contribution in [2.24, 2.45) is 0 Å². The molecule has 2 heterocycles. The molecule has 8 nitrogen and oxygen atoms in total. The predicted molar refractivity (Wildman–Crippen MR) is 117 cm³/mol. The number of piperazine rings is 1. The Morgan fingerprint density at radius 3 is 2.03 bits per heavy atom. The number of rotatable bonds is 6. The number of aryl methyl sites for hydroxylation is 2. The summed E-state index contributed by atoms with van der Waals surface area (Å²) < 4.78 is 32.8. The van der Waals surface area contributed by atoms with E-state index >= 15 is 0 Å². The molecule has 2 fully saturated rings. The molecule has 2 aliphatic rings. The Labute approximate surface area is 185 Å². The summed E-state index contributed by atoms with van der Waals surface area (Å²) in [5.41, 5.74) is 1.62. The second-order valence-electron chi connectivity index (χ2n) is 8.37. The minimum absolute atomic E-state index is 0.000889. The standard InChI is InChI=1S/C22H33N3O5S/c1-17-4-5-18(2)20(16-17)31(28,29)25-14-12-24(13-15-25)22(27)7-6-21(26)23-10-8-19(30-3)9-11-23/h4-5,16,19H,6-15H2,1-3H3. The van der Waals surface area contributed by atoms with Crippen molar-refractivity contribution in [2.45, 2.75) is 50.5 Å². The summed E-state index contributed by atoms with van der Waals surface area (Å²) in [4.78, 5) is 28.8. The Hall–Kier alpha value is -1.97. The lowest BCUT2D eigenvalue weighted by Gasteiger charge is -2.34. The maximum Gasteiger partial charge on any atom is 0.243 e. The molecule has 0 atom stereocenters. The van der Waals surface area contributed by atoms with Crippen LogP contribution in [0.3, 0.4) is 0 Å². The van der Waals surface area contributed by atoms with Crippen LogP contribution >= 0.6 is 0 Å². The number of carbonyl (C=O) groups is 2. The van der Waals surface area contributed by atoms with E-state index in [2.05, 4.69) is 0 Å². The maximum absolute atomic E-state index is 13.0. The molecule has 2 aliphatic heterocycles. The average Bonchev–Trinajstić information content (AvgIpc) is 2.78. The quantitative estimate of drug-likeness (QED) is 0.655. The molecule has 0 aromatic heterocycles. The van der Waals surface area contributed by atoms with Crippen LogP contribution in [0.15, 0.2) is 23.1 Å². The number of piperidine rings is 1. The van der Waals surface area contributed by atoms with E-state index in [-0.39, 0.29) is 43.8 Å². The van der Waals surface area contributed by atoms with E-state index in [1.165, 1.54) is 4.31 Å². The van der Waals surface area contributed by atoms with Crippen LogP contribution in [0, 0.1) is 13.8 Å². The first-order chi connectivity index (χ1) is 14.7. The molecule has 31 heavy (non-hydrogen) atoms. The highest BCUT2D eigenvalue weighted by atomic mass is 32.2. The third-order valence-corrected chi connectivity index (χ3v) is 8.27. The van der Waals surface area contributed by atoms with Crippen molar-refractivity contribution in [3.05, 3.63) is 29.3 Å². The van der Waals surface area contributed by atoms with E-state index in [4.69, 9.17) is 4.74 Å². The van der Waals surface area contributed by atoms with Crippen molar-refractivity contribution in [1.29, 1.82) is 0 Å². The summed E-state index contributed by atoms with van der Waals surface area (Å²) in [6, 6.07) is 5.41. The van der Waals surface area contributed by atoms with Crippen molar-refractivity contribution in [3.63, 3.8) is 0 Å². The number of amides is 2. The van der Waals surface area contributed by atoms with Crippen LogP contribution < -0.4 is 0 Å². The van der Waals surface area contributed by atoms with Gasteiger partial charge in [0, 0.05) is 59.2 Å². The number of hydrogen-bond acceptors (Lipinski definition) is 5. The van der Waals surface area contributed by atoms with Gasteiger partial charge in [0.25, 0.3) is 0 Å². The molecule has 0 bridgehead atoms. The zero-order valence-corrected chi connectivity index (χ0v) is 19.5. The Morgan fingerprint density at radius 2 is 1.48 bits per heavy atom. The number of nitrogens with zero attached hydrogens (tertiary/aromatic N) is 3. The maximum atomic E-state index is 13.0. The number of ether oxygens (including phenoxy) is 1. The van der Waals surface area contributed by atoms with Crippen LogP contribution in [-0.2, 0) is 24.3 Å². The number of benzene rings is 1. The molecule has 9 heteroatoms. The largest absolute Gasteiger partial charge is 0.381 e. The molecule has 0 saturated carbocycles. The van der Waals surface area contributed by atoms with Gasteiger partial charge in [0.15, 0.2) is 0 Å². The first-order valence-corrected chi connectivity index (χ1v) is 12.3. The lowest BCUT2D eigenvalue weighted by molar-refractivity contribution is -0.138. The van der Waals surface area contributed by atoms with Gasteiger partial charge in [-0.15, -0.1) is 0 Å². The van der Waals surface area contributed by atoms with Gasteiger partial charge in [0.2, 0.25) is 21.8 Å². The van der Waals surface area contributed by atoms with Crippen molar-refractivity contribution >= 4 is 21.8 Å². The van der Waals surface area contributed by atoms with E-state index in [0.29, 0.717) is 31.1 Å². The van der Waals surface area contributed by atoms with Gasteiger partial charge in [-0.3, -0.25) is 9.59 Å². The summed E-state index contributed by atoms with van der Waals surface area (Å²) in [6.45, 7) is 6.21. The highest BCUT2D eigenvalue weighted by molar-refractivity contribution is 7.89. The minimum Gasteiger partial charge on any atom is -0.381 e. The molecule has 1 aromatic rings. The smallest absolute Gasteiger partial charge is 0.243 e. The van der Waals surface area contributed by atoms with Crippen LogP contribution in [0.5, 0.6) is 0 Å². The van der Waals surface area contributed by atoms with Gasteiger partial charge in [-0.25, -0.2) is 8.42 Å². The summed E-state index contributed by atoms with van der Waals surface area (Å²) in [5.74, 6) is -0.0945. The topological polar surface area (TPSA) is 87.2 Å². The van der Waals surface area contributed by atoms with Crippen LogP contribution in [-0.4, -0.2) is 86.8 Å². The van der Waals surface area contributed by atoms with Gasteiger partial charge in [-0.2, -0.15) is 4.31 Å². The fourth-order valence-electron chi connectivity index (χ4n) is 4.17. The van der Waals surface area contributed by atoms with Gasteiger partial charge in [-0.05, 0) is 43.9 Å². The summed E-state index contributed by atoms with van der Waals surface area (Å²) in [5, 5.41) is 0. The zero-order valence-electron chi connectivity index (χ0n) is 18.7. The van der Waals surface area contributed by atoms with E-state index in [9.17, 15) is 18.0 Å². The van der Waals surface area contributed by atoms with Crippen LogP contribution in [0.2, 0.25) is 0 Å². The van der Waals surface area contributed by atoms with Gasteiger partial charge < -0.3 is 14.5 Å². The first-order valence-electron chi connectivity index (χ1n) is 10.9. The zero-order chi connectivity index (χ0) is 22.6. The highest BCUT2D eigenvalue weighted by Gasteiger charge is 2.31. The summed E-state index contributed by atoms with van der Waals surface area (Å²) >= 11 is 0. The summed E-state index contributed by atoms with van der Waals surface area (Å²) in [6.07, 6.45) is 2.21. The third-order valence-electron chi connectivity index (χ3n) is 6.23. The number of sulfonamides is 1. The number of hydrogen-bond donors (Lipinski definition) is 0. The molecule has 2 amide bonds. The minimum atomic E-state index is -3.59. The third kappa shape index (κ3) is 5.64. The molecule has 3 rings (SSSR count). The monoisotopic (exact) mass is 451 g/mol. The number of methoxy groups -OCH3 is 1. The van der Waals surface area contributed by atoms with E-state index in [1.807, 2.05) is 19.1 Å². The van der Waals surface area contributed by atoms with Crippen molar-refractivity contribution in [3.8, 4) is 0 Å². The predicted octanol–water partition coefficient (Wildman–Crippen LogP) is 1.55. The Bertz CT molecular complexity index is 902. The molecule has 0 spiro atoms. The molecular weight excluding hydrogens is 418 g/mol. The van der Waals surface area contributed by atoms with Crippen LogP contribution in [0.25, 0.3) is 0 Å². The first kappa shape index (κ1) is 23.7.